The summed E-state index contributed by atoms with van der Waals surface area (Å²) in [5.74, 6) is -1.89. The van der Waals surface area contributed by atoms with Crippen molar-refractivity contribution in [1.29, 1.82) is 0 Å². The van der Waals surface area contributed by atoms with Gasteiger partial charge in [0, 0.05) is 19.5 Å². The molecule has 1 atom stereocenters. The molecule has 2 N–H and O–H groups in total. The van der Waals surface area contributed by atoms with E-state index >= 15 is 0 Å². The standard InChI is InChI=1S/C11H20N2O6S/c1-19-10(14)6-5-9(11(15)16)12-20(17,18)13-7-3-2-4-8-13/h9,12H,2-8H2,1H3,(H,15,16)/t9-/m0/s1. The maximum Gasteiger partial charge on any atom is 0.321 e. The van der Waals surface area contributed by atoms with Crippen molar-refractivity contribution < 1.29 is 27.9 Å². The quantitative estimate of drug-likeness (QED) is 0.625. The van der Waals surface area contributed by atoms with Crippen LogP contribution in [0.2, 0.25) is 0 Å². The lowest BCUT2D eigenvalue weighted by Gasteiger charge is -2.27. The van der Waals surface area contributed by atoms with E-state index < -0.39 is 28.2 Å². The fraction of sp³-hybridized carbons (Fsp3) is 0.818. The fourth-order valence-electron chi connectivity index (χ4n) is 1.96. The largest absolute Gasteiger partial charge is 0.480 e. The molecular formula is C11H20N2O6S. The molecule has 0 unspecified atom stereocenters. The molecule has 1 heterocycles. The molecule has 0 aromatic heterocycles. The van der Waals surface area contributed by atoms with Gasteiger partial charge in [-0.15, -0.1) is 0 Å². The van der Waals surface area contributed by atoms with Gasteiger partial charge in [-0.2, -0.15) is 17.4 Å². The molecular weight excluding hydrogens is 288 g/mol. The summed E-state index contributed by atoms with van der Waals surface area (Å²) in [5, 5.41) is 9.02. The number of piperidine rings is 1. The summed E-state index contributed by atoms with van der Waals surface area (Å²) in [4.78, 5) is 22.1. The van der Waals surface area contributed by atoms with Gasteiger partial charge in [-0.25, -0.2) is 0 Å². The maximum absolute atomic E-state index is 12.0. The smallest absolute Gasteiger partial charge is 0.321 e. The molecule has 0 radical (unpaired) electrons. The molecule has 1 aliphatic rings. The van der Waals surface area contributed by atoms with Crippen molar-refractivity contribution in [2.24, 2.45) is 0 Å². The molecule has 1 aliphatic heterocycles. The lowest BCUT2D eigenvalue weighted by atomic mass is 10.2. The minimum atomic E-state index is -3.83. The van der Waals surface area contributed by atoms with E-state index in [1.807, 2.05) is 0 Å². The number of ether oxygens (including phenoxy) is 1. The molecule has 20 heavy (non-hydrogen) atoms. The monoisotopic (exact) mass is 308 g/mol. The molecule has 0 aliphatic carbocycles. The molecule has 0 bridgehead atoms. The molecule has 1 rings (SSSR count). The number of nitrogens with one attached hydrogen (secondary N) is 1. The first-order chi connectivity index (χ1) is 9.36. The fourth-order valence-corrected chi connectivity index (χ4v) is 3.42. The molecule has 8 nitrogen and oxygen atoms in total. The Labute approximate surface area is 118 Å². The Morgan fingerprint density at radius 3 is 2.40 bits per heavy atom. The highest BCUT2D eigenvalue weighted by Gasteiger charge is 2.30. The van der Waals surface area contributed by atoms with Crippen LogP contribution in [0.3, 0.4) is 0 Å². The van der Waals surface area contributed by atoms with Crippen molar-refractivity contribution in [2.45, 2.75) is 38.1 Å². The van der Waals surface area contributed by atoms with E-state index in [-0.39, 0.29) is 12.8 Å². The molecule has 0 spiro atoms. The minimum Gasteiger partial charge on any atom is -0.480 e. The molecule has 0 saturated carbocycles. The van der Waals surface area contributed by atoms with Gasteiger partial charge < -0.3 is 9.84 Å². The normalized spacial score (nSPS) is 18.4. The van der Waals surface area contributed by atoms with Crippen molar-refractivity contribution >= 4 is 22.1 Å². The number of hydrogen-bond donors (Lipinski definition) is 2. The Morgan fingerprint density at radius 2 is 1.90 bits per heavy atom. The number of carbonyl (C=O) groups is 2. The van der Waals surface area contributed by atoms with E-state index in [2.05, 4.69) is 9.46 Å². The second kappa shape index (κ2) is 7.55. The Balaban J connectivity index is 2.63. The van der Waals surface area contributed by atoms with E-state index in [0.29, 0.717) is 13.1 Å². The highest BCUT2D eigenvalue weighted by molar-refractivity contribution is 7.87. The minimum absolute atomic E-state index is 0.144. The average molecular weight is 308 g/mol. The first-order valence-electron chi connectivity index (χ1n) is 6.44. The number of rotatable bonds is 7. The summed E-state index contributed by atoms with van der Waals surface area (Å²) in [6, 6.07) is -1.33. The van der Waals surface area contributed by atoms with Crippen LogP contribution < -0.4 is 4.72 Å². The number of methoxy groups -OCH3 is 1. The van der Waals surface area contributed by atoms with Crippen LogP contribution in [0.1, 0.15) is 32.1 Å². The van der Waals surface area contributed by atoms with Gasteiger partial charge >= 0.3 is 11.9 Å². The van der Waals surface area contributed by atoms with Crippen LogP contribution in [0.5, 0.6) is 0 Å². The van der Waals surface area contributed by atoms with Crippen molar-refractivity contribution in [3.8, 4) is 0 Å². The van der Waals surface area contributed by atoms with Gasteiger partial charge in [0.15, 0.2) is 0 Å². The van der Waals surface area contributed by atoms with Crippen molar-refractivity contribution in [2.75, 3.05) is 20.2 Å². The third-order valence-corrected chi connectivity index (χ3v) is 4.74. The molecule has 0 amide bonds. The average Bonchev–Trinajstić information content (AvgIpc) is 2.43. The zero-order valence-corrected chi connectivity index (χ0v) is 12.2. The predicted molar refractivity (Wildman–Crippen MR) is 70.2 cm³/mol. The number of esters is 1. The van der Waals surface area contributed by atoms with Gasteiger partial charge in [-0.1, -0.05) is 6.42 Å². The molecule has 1 saturated heterocycles. The number of carboxylic acids is 1. The van der Waals surface area contributed by atoms with Crippen molar-refractivity contribution in [3.63, 3.8) is 0 Å². The molecule has 9 heteroatoms. The summed E-state index contributed by atoms with van der Waals surface area (Å²) >= 11 is 0. The number of aliphatic carboxylic acids is 1. The number of nitrogens with zero attached hydrogens (tertiary/aromatic N) is 1. The second-order valence-corrected chi connectivity index (χ2v) is 6.29. The highest BCUT2D eigenvalue weighted by atomic mass is 32.2. The molecule has 0 aromatic carbocycles. The van der Waals surface area contributed by atoms with Gasteiger partial charge in [0.25, 0.3) is 10.2 Å². The number of carbonyl (C=O) groups excluding carboxylic acids is 1. The van der Waals surface area contributed by atoms with Crippen molar-refractivity contribution in [1.82, 2.24) is 9.03 Å². The lowest BCUT2D eigenvalue weighted by Crippen LogP contribution is -2.49. The van der Waals surface area contributed by atoms with E-state index in [0.717, 1.165) is 19.3 Å². The summed E-state index contributed by atoms with van der Waals surface area (Å²) < 4.78 is 31.9. The maximum atomic E-state index is 12.0. The van der Waals surface area contributed by atoms with Gasteiger partial charge in [-0.05, 0) is 19.3 Å². The van der Waals surface area contributed by atoms with E-state index in [4.69, 9.17) is 5.11 Å². The van der Waals surface area contributed by atoms with Crippen LogP contribution in [0, 0.1) is 0 Å². The van der Waals surface area contributed by atoms with Gasteiger partial charge in [0.1, 0.15) is 6.04 Å². The van der Waals surface area contributed by atoms with E-state index in [9.17, 15) is 18.0 Å². The summed E-state index contributed by atoms with van der Waals surface area (Å²) in [7, 11) is -2.64. The van der Waals surface area contributed by atoms with Gasteiger partial charge in [-0.3, -0.25) is 9.59 Å². The number of carboxylic acid groups (broad SMARTS) is 1. The Morgan fingerprint density at radius 1 is 1.30 bits per heavy atom. The van der Waals surface area contributed by atoms with Crippen molar-refractivity contribution in [3.05, 3.63) is 0 Å². The van der Waals surface area contributed by atoms with Crippen LogP contribution in [0.25, 0.3) is 0 Å². The molecule has 0 aromatic rings. The molecule has 116 valence electrons. The molecule has 1 fully saturated rings. The summed E-state index contributed by atoms with van der Waals surface area (Å²) in [5.41, 5.74) is 0. The highest BCUT2D eigenvalue weighted by Crippen LogP contribution is 2.13. The first kappa shape index (κ1) is 16.9. The Hall–Kier alpha value is -1.19. The third kappa shape index (κ3) is 5.06. The zero-order valence-electron chi connectivity index (χ0n) is 11.4. The topological polar surface area (TPSA) is 113 Å². The Kier molecular flexibility index (Phi) is 6.37. The summed E-state index contributed by atoms with van der Waals surface area (Å²) in [6.45, 7) is 0.775. The van der Waals surface area contributed by atoms with Gasteiger partial charge in [0.2, 0.25) is 0 Å². The number of hydrogen-bond acceptors (Lipinski definition) is 5. The van der Waals surface area contributed by atoms with Crippen LogP contribution in [-0.4, -0.2) is 56.0 Å². The first-order valence-corrected chi connectivity index (χ1v) is 7.88. The van der Waals surface area contributed by atoms with Crippen LogP contribution in [0.15, 0.2) is 0 Å². The van der Waals surface area contributed by atoms with E-state index in [1.54, 1.807) is 0 Å². The van der Waals surface area contributed by atoms with Crippen LogP contribution in [-0.2, 0) is 24.5 Å². The predicted octanol–water partition coefficient (Wildman–Crippen LogP) is -0.287. The summed E-state index contributed by atoms with van der Waals surface area (Å²) in [6.07, 6.45) is 2.20. The van der Waals surface area contributed by atoms with Crippen LogP contribution >= 0.6 is 0 Å². The lowest BCUT2D eigenvalue weighted by molar-refractivity contribution is -0.142. The Bertz CT molecular complexity index is 444. The second-order valence-electron chi connectivity index (χ2n) is 4.59. The third-order valence-electron chi connectivity index (χ3n) is 3.11. The van der Waals surface area contributed by atoms with E-state index in [1.165, 1.54) is 11.4 Å². The van der Waals surface area contributed by atoms with Crippen LogP contribution in [0.4, 0.5) is 0 Å². The zero-order chi connectivity index (χ0) is 15.2. The van der Waals surface area contributed by atoms with Gasteiger partial charge in [0.05, 0.1) is 7.11 Å². The SMILES string of the molecule is COC(=O)CC[C@H](NS(=O)(=O)N1CCCCC1)C(=O)O.